The molecule has 11 heteroatoms. The number of hydrazone groups is 2. The molecule has 0 unspecified atom stereocenters. The Morgan fingerprint density at radius 1 is 0.615 bits per heavy atom. The van der Waals surface area contributed by atoms with Crippen molar-refractivity contribution in [3.63, 3.8) is 0 Å². The molecule has 4 rings (SSSR count). The predicted octanol–water partition coefficient (Wildman–Crippen LogP) is 5.15. The van der Waals surface area contributed by atoms with E-state index in [0.717, 1.165) is 16.8 Å². The lowest BCUT2D eigenvalue weighted by Crippen LogP contribution is -2.04. The van der Waals surface area contributed by atoms with Gasteiger partial charge in [-0.05, 0) is 48.5 Å². The molecule has 0 saturated carbocycles. The van der Waals surface area contributed by atoms with Gasteiger partial charge in [0.2, 0.25) is 5.95 Å². The Morgan fingerprint density at radius 3 is 1.74 bits per heavy atom. The van der Waals surface area contributed by atoms with Crippen molar-refractivity contribution in [2.45, 2.75) is 0 Å². The Balaban J connectivity index is 1.58. The summed E-state index contributed by atoms with van der Waals surface area (Å²) < 4.78 is 21.4. The number of ether oxygens (including phenoxy) is 4. The number of hydrogen-bond donors (Lipinski definition) is 3. The van der Waals surface area contributed by atoms with E-state index < -0.39 is 0 Å². The zero-order chi connectivity index (χ0) is 27.5. The third-order valence-electron chi connectivity index (χ3n) is 5.40. The van der Waals surface area contributed by atoms with E-state index in [9.17, 15) is 0 Å². The van der Waals surface area contributed by atoms with E-state index in [1.54, 1.807) is 53.0 Å². The number of methoxy groups -OCH3 is 4. The Bertz CT molecular complexity index is 1360. The molecule has 39 heavy (non-hydrogen) atoms. The normalized spacial score (nSPS) is 10.9. The first-order chi connectivity index (χ1) is 19.1. The van der Waals surface area contributed by atoms with Gasteiger partial charge in [-0.25, -0.2) is 5.43 Å². The van der Waals surface area contributed by atoms with Crippen molar-refractivity contribution in [1.29, 1.82) is 0 Å². The third kappa shape index (κ3) is 7.35. The molecule has 0 bridgehead atoms. The van der Waals surface area contributed by atoms with E-state index in [1.165, 1.54) is 0 Å². The lowest BCUT2D eigenvalue weighted by atomic mass is 10.2. The highest BCUT2D eigenvalue weighted by molar-refractivity contribution is 5.85. The Labute approximate surface area is 226 Å². The van der Waals surface area contributed by atoms with E-state index >= 15 is 0 Å². The van der Waals surface area contributed by atoms with Crippen molar-refractivity contribution in [2.24, 2.45) is 10.2 Å². The van der Waals surface area contributed by atoms with Crippen molar-refractivity contribution in [1.82, 2.24) is 9.97 Å². The third-order valence-corrected chi connectivity index (χ3v) is 5.40. The molecule has 0 fully saturated rings. The Hall–Kier alpha value is -5.32. The fraction of sp³-hybridized carbons (Fsp3) is 0.143. The first kappa shape index (κ1) is 26.7. The highest BCUT2D eigenvalue weighted by Crippen LogP contribution is 2.24. The van der Waals surface area contributed by atoms with Crippen LogP contribution in [0.15, 0.2) is 83.0 Å². The molecule has 200 valence electrons. The van der Waals surface area contributed by atoms with Crippen LogP contribution < -0.4 is 35.1 Å². The highest BCUT2D eigenvalue weighted by Gasteiger charge is 2.07. The lowest BCUT2D eigenvalue weighted by Gasteiger charge is -2.10. The van der Waals surface area contributed by atoms with Gasteiger partial charge in [-0.3, -0.25) is 5.43 Å². The van der Waals surface area contributed by atoms with E-state index in [4.69, 9.17) is 18.9 Å². The summed E-state index contributed by atoms with van der Waals surface area (Å²) in [5, 5.41) is 11.9. The number of benzene rings is 3. The number of rotatable bonds is 12. The molecule has 4 aromatic rings. The number of para-hydroxylation sites is 1. The summed E-state index contributed by atoms with van der Waals surface area (Å²) in [6, 6.07) is 22.3. The van der Waals surface area contributed by atoms with Gasteiger partial charge in [0.1, 0.15) is 28.8 Å². The number of aromatic nitrogens is 2. The van der Waals surface area contributed by atoms with E-state index in [0.29, 0.717) is 34.6 Å². The van der Waals surface area contributed by atoms with E-state index in [-0.39, 0.29) is 5.95 Å². The van der Waals surface area contributed by atoms with Crippen LogP contribution in [0.1, 0.15) is 11.1 Å². The zero-order valence-electron chi connectivity index (χ0n) is 22.0. The SMILES string of the molecule is COc1ccc(OC)c(C=NNc2cc(Nc3ccccc3)nc(NN=Cc3cc(OC)ccc3OC)n2)c1. The minimum atomic E-state index is 0.241. The Morgan fingerprint density at radius 2 is 1.18 bits per heavy atom. The summed E-state index contributed by atoms with van der Waals surface area (Å²) in [6.45, 7) is 0. The molecule has 11 nitrogen and oxygen atoms in total. The second-order valence-corrected chi connectivity index (χ2v) is 7.91. The second-order valence-electron chi connectivity index (χ2n) is 7.91. The Kier molecular flexibility index (Phi) is 9.11. The molecular formula is C28H29N7O4. The standard InChI is InChI=1S/C28H29N7O4/c1-36-22-10-12-24(38-3)19(14-22)17-29-34-27-16-26(31-21-8-6-5-7-9-21)32-28(33-27)35-30-18-20-15-23(37-2)11-13-25(20)39-4/h5-18H,1-4H3,(H3,31,32,33,34,35). The molecule has 1 heterocycles. The summed E-state index contributed by atoms with van der Waals surface area (Å²) in [5.74, 6) is 3.87. The van der Waals surface area contributed by atoms with Crippen LogP contribution in [0.3, 0.4) is 0 Å². The number of nitrogens with zero attached hydrogens (tertiary/aromatic N) is 4. The fourth-order valence-electron chi connectivity index (χ4n) is 3.50. The first-order valence-corrected chi connectivity index (χ1v) is 11.8. The van der Waals surface area contributed by atoms with Crippen molar-refractivity contribution in [2.75, 3.05) is 44.6 Å². The fourth-order valence-corrected chi connectivity index (χ4v) is 3.50. The molecule has 0 aliphatic heterocycles. The van der Waals surface area contributed by atoms with Gasteiger partial charge in [-0.15, -0.1) is 0 Å². The van der Waals surface area contributed by atoms with E-state index in [1.807, 2.05) is 60.7 Å². The van der Waals surface area contributed by atoms with Gasteiger partial charge < -0.3 is 24.3 Å². The maximum absolute atomic E-state index is 5.41. The summed E-state index contributed by atoms with van der Waals surface area (Å²) in [7, 11) is 6.39. The molecule has 1 aromatic heterocycles. The van der Waals surface area contributed by atoms with Gasteiger partial charge in [0.05, 0.1) is 40.9 Å². The molecule has 3 aromatic carbocycles. The molecule has 0 aliphatic rings. The van der Waals surface area contributed by atoms with Crippen LogP contribution >= 0.6 is 0 Å². The van der Waals surface area contributed by atoms with Crippen LogP contribution in [-0.4, -0.2) is 50.8 Å². The summed E-state index contributed by atoms with van der Waals surface area (Å²) in [4.78, 5) is 9.00. The summed E-state index contributed by atoms with van der Waals surface area (Å²) in [6.07, 6.45) is 3.22. The molecular weight excluding hydrogens is 498 g/mol. The van der Waals surface area contributed by atoms with Gasteiger partial charge in [-0.2, -0.15) is 20.2 Å². The molecule has 0 aliphatic carbocycles. The van der Waals surface area contributed by atoms with Gasteiger partial charge >= 0.3 is 0 Å². The average molecular weight is 528 g/mol. The molecule has 0 amide bonds. The quantitative estimate of drug-likeness (QED) is 0.170. The monoisotopic (exact) mass is 527 g/mol. The van der Waals surface area contributed by atoms with Crippen molar-refractivity contribution in [3.05, 3.63) is 83.9 Å². The van der Waals surface area contributed by atoms with Crippen LogP contribution in [0.2, 0.25) is 0 Å². The lowest BCUT2D eigenvalue weighted by molar-refractivity contribution is 0.402. The molecule has 0 radical (unpaired) electrons. The van der Waals surface area contributed by atoms with E-state index in [2.05, 4.69) is 36.3 Å². The van der Waals surface area contributed by atoms with Gasteiger partial charge in [0.25, 0.3) is 0 Å². The smallest absolute Gasteiger partial charge is 0.247 e. The molecule has 3 N–H and O–H groups in total. The number of hydrogen-bond acceptors (Lipinski definition) is 11. The van der Waals surface area contributed by atoms with Crippen molar-refractivity contribution in [3.8, 4) is 23.0 Å². The second kappa shape index (κ2) is 13.3. The summed E-state index contributed by atoms with van der Waals surface area (Å²) >= 11 is 0. The van der Waals surface area contributed by atoms with Crippen LogP contribution in [0.4, 0.5) is 23.3 Å². The van der Waals surface area contributed by atoms with Crippen LogP contribution in [-0.2, 0) is 0 Å². The molecule has 0 saturated heterocycles. The summed E-state index contributed by atoms with van der Waals surface area (Å²) in [5.41, 5.74) is 8.13. The van der Waals surface area contributed by atoms with Crippen molar-refractivity contribution < 1.29 is 18.9 Å². The van der Waals surface area contributed by atoms with Gasteiger partial charge in [0, 0.05) is 22.9 Å². The largest absolute Gasteiger partial charge is 0.497 e. The minimum Gasteiger partial charge on any atom is -0.497 e. The maximum atomic E-state index is 5.41. The molecule has 0 spiro atoms. The predicted molar refractivity (Wildman–Crippen MR) is 153 cm³/mol. The van der Waals surface area contributed by atoms with Crippen LogP contribution in [0, 0.1) is 0 Å². The minimum absolute atomic E-state index is 0.241. The van der Waals surface area contributed by atoms with Gasteiger partial charge in [0.15, 0.2) is 5.82 Å². The average Bonchev–Trinajstić information content (AvgIpc) is 2.97. The highest BCUT2D eigenvalue weighted by atomic mass is 16.5. The van der Waals surface area contributed by atoms with Gasteiger partial charge in [-0.1, -0.05) is 18.2 Å². The zero-order valence-corrected chi connectivity index (χ0v) is 22.0. The number of nitrogens with one attached hydrogen (secondary N) is 3. The topological polar surface area (TPSA) is 124 Å². The van der Waals surface area contributed by atoms with Crippen LogP contribution in [0.25, 0.3) is 0 Å². The first-order valence-electron chi connectivity index (χ1n) is 11.8. The molecule has 0 atom stereocenters. The van der Waals surface area contributed by atoms with Crippen LogP contribution in [0.5, 0.6) is 23.0 Å². The maximum Gasteiger partial charge on any atom is 0.247 e. The number of anilines is 4. The van der Waals surface area contributed by atoms with Crippen molar-refractivity contribution >= 4 is 35.7 Å².